The van der Waals surface area contributed by atoms with Crippen LogP contribution < -0.4 is 5.32 Å². The van der Waals surface area contributed by atoms with Gasteiger partial charge >= 0.3 is 12.0 Å². The number of carboxylic acids is 1. The average Bonchev–Trinajstić information content (AvgIpc) is 2.75. The molecule has 0 radical (unpaired) electrons. The molecular weight excluding hydrogens is 222 g/mol. The lowest BCUT2D eigenvalue weighted by Crippen LogP contribution is -2.56. The SMILES string of the molecule is C[C@@H](NC(=O)N1CCN2CCCC2C1)C(=O)O. The third-order valence-corrected chi connectivity index (χ3v) is 3.58. The fraction of sp³-hybridized carbons (Fsp3) is 0.818. The number of aliphatic carboxylic acids is 1. The molecule has 2 amide bonds. The third kappa shape index (κ3) is 2.69. The molecular formula is C11H19N3O3. The highest BCUT2D eigenvalue weighted by molar-refractivity contribution is 5.82. The molecule has 6 heteroatoms. The molecule has 0 bridgehead atoms. The van der Waals surface area contributed by atoms with E-state index in [9.17, 15) is 9.59 Å². The van der Waals surface area contributed by atoms with Gasteiger partial charge in [-0.3, -0.25) is 9.69 Å². The van der Waals surface area contributed by atoms with Gasteiger partial charge in [0.2, 0.25) is 0 Å². The number of nitrogens with one attached hydrogen (secondary N) is 1. The molecule has 0 aromatic heterocycles. The zero-order chi connectivity index (χ0) is 12.4. The first-order valence-corrected chi connectivity index (χ1v) is 6.10. The summed E-state index contributed by atoms with van der Waals surface area (Å²) in [4.78, 5) is 26.6. The Labute approximate surface area is 101 Å². The molecule has 17 heavy (non-hydrogen) atoms. The summed E-state index contributed by atoms with van der Waals surface area (Å²) in [6, 6.07) is -0.620. The van der Waals surface area contributed by atoms with Crippen molar-refractivity contribution in [3.8, 4) is 0 Å². The summed E-state index contributed by atoms with van der Waals surface area (Å²) in [5.41, 5.74) is 0. The standard InChI is InChI=1S/C11H19N3O3/c1-8(10(15)16)12-11(17)14-6-5-13-4-2-3-9(13)7-14/h8-9H,2-7H2,1H3,(H,12,17)(H,15,16)/t8-,9?/m1/s1. The van der Waals surface area contributed by atoms with Crippen LogP contribution in [-0.2, 0) is 4.79 Å². The maximum Gasteiger partial charge on any atom is 0.325 e. The van der Waals surface area contributed by atoms with Crippen molar-refractivity contribution in [1.29, 1.82) is 0 Å². The molecule has 2 aliphatic rings. The van der Waals surface area contributed by atoms with Crippen LogP contribution in [0.15, 0.2) is 0 Å². The van der Waals surface area contributed by atoms with Gasteiger partial charge in [-0.05, 0) is 26.3 Å². The number of amides is 2. The second-order valence-electron chi connectivity index (χ2n) is 4.79. The Morgan fingerprint density at radius 3 is 2.82 bits per heavy atom. The lowest BCUT2D eigenvalue weighted by atomic mass is 10.1. The van der Waals surface area contributed by atoms with Crippen LogP contribution >= 0.6 is 0 Å². The van der Waals surface area contributed by atoms with Crippen molar-refractivity contribution < 1.29 is 14.7 Å². The van der Waals surface area contributed by atoms with Gasteiger partial charge in [-0.1, -0.05) is 0 Å². The highest BCUT2D eigenvalue weighted by Gasteiger charge is 2.33. The largest absolute Gasteiger partial charge is 0.480 e. The van der Waals surface area contributed by atoms with Crippen LogP contribution in [0, 0.1) is 0 Å². The molecule has 2 atom stereocenters. The first kappa shape index (κ1) is 12.2. The molecule has 0 saturated carbocycles. The fourth-order valence-electron chi connectivity index (χ4n) is 2.51. The van der Waals surface area contributed by atoms with E-state index in [0.29, 0.717) is 12.6 Å². The zero-order valence-electron chi connectivity index (χ0n) is 10.1. The van der Waals surface area contributed by atoms with Gasteiger partial charge in [0.05, 0.1) is 0 Å². The van der Waals surface area contributed by atoms with Crippen molar-refractivity contribution in [1.82, 2.24) is 15.1 Å². The van der Waals surface area contributed by atoms with E-state index in [1.54, 1.807) is 4.90 Å². The third-order valence-electron chi connectivity index (χ3n) is 3.58. The second-order valence-corrected chi connectivity index (χ2v) is 4.79. The predicted molar refractivity (Wildman–Crippen MR) is 61.8 cm³/mol. The Hall–Kier alpha value is -1.30. The molecule has 2 rings (SSSR count). The van der Waals surface area contributed by atoms with Crippen molar-refractivity contribution >= 4 is 12.0 Å². The van der Waals surface area contributed by atoms with Crippen LogP contribution in [0.1, 0.15) is 19.8 Å². The molecule has 0 aliphatic carbocycles. The van der Waals surface area contributed by atoms with E-state index in [2.05, 4.69) is 10.2 Å². The van der Waals surface area contributed by atoms with E-state index < -0.39 is 12.0 Å². The van der Waals surface area contributed by atoms with Crippen LogP contribution in [0.5, 0.6) is 0 Å². The van der Waals surface area contributed by atoms with Gasteiger partial charge in [-0.15, -0.1) is 0 Å². The monoisotopic (exact) mass is 241 g/mol. The molecule has 2 aliphatic heterocycles. The molecule has 0 spiro atoms. The number of rotatable bonds is 2. The van der Waals surface area contributed by atoms with Crippen LogP contribution in [-0.4, -0.2) is 65.2 Å². The fourth-order valence-corrected chi connectivity index (χ4v) is 2.51. The van der Waals surface area contributed by atoms with Crippen molar-refractivity contribution in [2.24, 2.45) is 0 Å². The summed E-state index contributed by atoms with van der Waals surface area (Å²) in [5, 5.41) is 11.2. The van der Waals surface area contributed by atoms with Crippen LogP contribution in [0.3, 0.4) is 0 Å². The minimum atomic E-state index is -1.00. The number of nitrogens with zero attached hydrogens (tertiary/aromatic N) is 2. The lowest BCUT2D eigenvalue weighted by molar-refractivity contribution is -0.138. The molecule has 1 unspecified atom stereocenters. The van der Waals surface area contributed by atoms with Gasteiger partial charge in [-0.2, -0.15) is 0 Å². The van der Waals surface area contributed by atoms with Crippen molar-refractivity contribution in [3.63, 3.8) is 0 Å². The first-order valence-electron chi connectivity index (χ1n) is 6.10. The summed E-state index contributed by atoms with van der Waals surface area (Å²) in [7, 11) is 0. The van der Waals surface area contributed by atoms with Gasteiger partial charge in [0.1, 0.15) is 6.04 Å². The quantitative estimate of drug-likeness (QED) is 0.711. The van der Waals surface area contributed by atoms with Gasteiger partial charge < -0.3 is 15.3 Å². The Balaban J connectivity index is 1.86. The maximum atomic E-state index is 11.8. The number of hydrogen-bond acceptors (Lipinski definition) is 3. The maximum absolute atomic E-state index is 11.8. The van der Waals surface area contributed by atoms with E-state index in [-0.39, 0.29) is 6.03 Å². The minimum Gasteiger partial charge on any atom is -0.480 e. The second kappa shape index (κ2) is 4.91. The average molecular weight is 241 g/mol. The Kier molecular flexibility index (Phi) is 3.51. The van der Waals surface area contributed by atoms with Gasteiger partial charge in [0.25, 0.3) is 0 Å². The molecule has 6 nitrogen and oxygen atoms in total. The Bertz CT molecular complexity index is 321. The molecule has 0 aromatic carbocycles. The highest BCUT2D eigenvalue weighted by atomic mass is 16.4. The van der Waals surface area contributed by atoms with Crippen molar-refractivity contribution in [3.05, 3.63) is 0 Å². The smallest absolute Gasteiger partial charge is 0.325 e. The normalized spacial score (nSPS) is 26.4. The highest BCUT2D eigenvalue weighted by Crippen LogP contribution is 2.21. The van der Waals surface area contributed by atoms with Crippen LogP contribution in [0.2, 0.25) is 0 Å². The molecule has 96 valence electrons. The molecule has 2 heterocycles. The first-order chi connectivity index (χ1) is 8.08. The number of carboxylic acid groups (broad SMARTS) is 1. The summed E-state index contributed by atoms with van der Waals surface area (Å²) >= 11 is 0. The molecule has 2 saturated heterocycles. The Morgan fingerprint density at radius 1 is 1.35 bits per heavy atom. The number of carbonyl (C=O) groups excluding carboxylic acids is 1. The van der Waals surface area contributed by atoms with E-state index in [1.807, 2.05) is 0 Å². The van der Waals surface area contributed by atoms with Crippen molar-refractivity contribution in [2.75, 3.05) is 26.2 Å². The van der Waals surface area contributed by atoms with Crippen LogP contribution in [0.25, 0.3) is 0 Å². The van der Waals surface area contributed by atoms with Crippen molar-refractivity contribution in [2.45, 2.75) is 31.8 Å². The number of piperazine rings is 1. The van der Waals surface area contributed by atoms with E-state index in [4.69, 9.17) is 5.11 Å². The van der Waals surface area contributed by atoms with E-state index >= 15 is 0 Å². The van der Waals surface area contributed by atoms with Gasteiger partial charge in [0, 0.05) is 25.7 Å². The van der Waals surface area contributed by atoms with E-state index in [1.165, 1.54) is 13.3 Å². The number of hydrogen-bond donors (Lipinski definition) is 2. The summed E-state index contributed by atoms with van der Waals surface area (Å²) in [5.74, 6) is -1.00. The topological polar surface area (TPSA) is 72.9 Å². The summed E-state index contributed by atoms with van der Waals surface area (Å²) in [6.07, 6.45) is 2.34. The molecule has 2 fully saturated rings. The number of fused-ring (bicyclic) bond motifs is 1. The number of urea groups is 1. The summed E-state index contributed by atoms with van der Waals surface area (Å²) in [6.45, 7) is 4.92. The lowest BCUT2D eigenvalue weighted by Gasteiger charge is -2.37. The number of carbonyl (C=O) groups is 2. The summed E-state index contributed by atoms with van der Waals surface area (Å²) < 4.78 is 0. The predicted octanol–water partition coefficient (Wildman–Crippen LogP) is -0.0509. The molecule has 2 N–H and O–H groups in total. The van der Waals surface area contributed by atoms with Crippen LogP contribution in [0.4, 0.5) is 4.79 Å². The van der Waals surface area contributed by atoms with Gasteiger partial charge in [0.15, 0.2) is 0 Å². The van der Waals surface area contributed by atoms with E-state index in [0.717, 1.165) is 26.1 Å². The van der Waals surface area contributed by atoms with Gasteiger partial charge in [-0.25, -0.2) is 4.79 Å². The zero-order valence-corrected chi connectivity index (χ0v) is 10.1. The minimum absolute atomic E-state index is 0.258. The Morgan fingerprint density at radius 2 is 2.12 bits per heavy atom. The molecule has 0 aromatic rings.